The van der Waals surface area contributed by atoms with E-state index in [1.54, 1.807) is 23.8 Å². The molecule has 6 heteroatoms. The molecule has 132 valence electrons. The molecule has 1 aliphatic heterocycles. The summed E-state index contributed by atoms with van der Waals surface area (Å²) in [5.74, 6) is 0.538. The fourth-order valence-corrected chi connectivity index (χ4v) is 2.83. The van der Waals surface area contributed by atoms with Crippen LogP contribution in [-0.2, 0) is 11.2 Å². The molecule has 0 radical (unpaired) electrons. The van der Waals surface area contributed by atoms with Crippen LogP contribution in [0.4, 0.5) is 4.79 Å². The van der Waals surface area contributed by atoms with Crippen LogP contribution in [0.25, 0.3) is 0 Å². The third-order valence-electron chi connectivity index (χ3n) is 4.21. The summed E-state index contributed by atoms with van der Waals surface area (Å²) in [6.07, 6.45) is 1.29. The Labute approximate surface area is 143 Å². The van der Waals surface area contributed by atoms with E-state index in [1.807, 2.05) is 18.2 Å². The maximum absolute atomic E-state index is 12.9. The number of rotatable bonds is 4. The van der Waals surface area contributed by atoms with Crippen molar-refractivity contribution >= 4 is 12.0 Å². The average Bonchev–Trinajstić information content (AvgIpc) is 2.87. The Morgan fingerprint density at radius 2 is 1.79 bits per heavy atom. The summed E-state index contributed by atoms with van der Waals surface area (Å²) in [6.45, 7) is 6.41. The number of hydrogen-bond donors (Lipinski definition) is 0. The van der Waals surface area contributed by atoms with E-state index in [-0.39, 0.29) is 12.0 Å². The first-order valence-corrected chi connectivity index (χ1v) is 8.48. The van der Waals surface area contributed by atoms with Gasteiger partial charge in [-0.2, -0.15) is 0 Å². The van der Waals surface area contributed by atoms with Crippen molar-refractivity contribution in [1.82, 2.24) is 9.80 Å². The molecular weight excluding hydrogens is 308 g/mol. The van der Waals surface area contributed by atoms with Gasteiger partial charge in [0.2, 0.25) is 0 Å². The Morgan fingerprint density at radius 1 is 1.08 bits per heavy atom. The first-order chi connectivity index (χ1) is 11.6. The van der Waals surface area contributed by atoms with Gasteiger partial charge in [0.1, 0.15) is 5.75 Å². The molecule has 1 aromatic carbocycles. The van der Waals surface area contributed by atoms with Gasteiger partial charge in [-0.15, -0.1) is 0 Å². The number of methoxy groups -OCH3 is 1. The second-order valence-corrected chi connectivity index (χ2v) is 5.72. The van der Waals surface area contributed by atoms with Gasteiger partial charge in [-0.05, 0) is 37.5 Å². The minimum absolute atomic E-state index is 0.0483. The quantitative estimate of drug-likeness (QED) is 0.849. The number of ether oxygens (including phenoxy) is 2. The van der Waals surface area contributed by atoms with Gasteiger partial charge in [0, 0.05) is 26.2 Å². The molecular formula is C18H26N2O4. The zero-order valence-corrected chi connectivity index (χ0v) is 14.7. The summed E-state index contributed by atoms with van der Waals surface area (Å²) < 4.78 is 10.4. The largest absolute Gasteiger partial charge is 0.496 e. The number of nitrogens with zero attached hydrogens (tertiary/aromatic N) is 2. The third kappa shape index (κ3) is 4.19. The molecule has 0 bridgehead atoms. The highest BCUT2D eigenvalue weighted by Crippen LogP contribution is 2.22. The Morgan fingerprint density at radius 3 is 2.46 bits per heavy atom. The van der Waals surface area contributed by atoms with E-state index in [0.29, 0.717) is 44.1 Å². The molecule has 2 amide bonds. The first-order valence-electron chi connectivity index (χ1n) is 8.48. The number of hydrogen-bond acceptors (Lipinski definition) is 4. The fraction of sp³-hybridized carbons (Fsp3) is 0.556. The van der Waals surface area contributed by atoms with Crippen molar-refractivity contribution in [1.29, 1.82) is 0 Å². The number of aryl methyl sites for hydroxylation is 1. The first kappa shape index (κ1) is 18.1. The molecule has 0 aliphatic carbocycles. The van der Waals surface area contributed by atoms with Crippen LogP contribution in [0.5, 0.6) is 5.75 Å². The highest BCUT2D eigenvalue weighted by atomic mass is 16.6. The monoisotopic (exact) mass is 334 g/mol. The molecule has 1 fully saturated rings. The van der Waals surface area contributed by atoms with Crippen LogP contribution in [0.2, 0.25) is 0 Å². The van der Waals surface area contributed by atoms with E-state index < -0.39 is 0 Å². The zero-order chi connectivity index (χ0) is 17.5. The molecule has 0 spiro atoms. The molecule has 1 saturated heterocycles. The van der Waals surface area contributed by atoms with Crippen molar-refractivity contribution in [3.05, 3.63) is 29.3 Å². The maximum Gasteiger partial charge on any atom is 0.409 e. The van der Waals surface area contributed by atoms with Crippen molar-refractivity contribution < 1.29 is 19.1 Å². The molecule has 6 nitrogen and oxygen atoms in total. The fourth-order valence-electron chi connectivity index (χ4n) is 2.83. The Kier molecular flexibility index (Phi) is 6.46. The molecule has 1 aromatic rings. The Bertz CT molecular complexity index is 588. The Balaban J connectivity index is 2.11. The highest BCUT2D eigenvalue weighted by Gasteiger charge is 2.25. The van der Waals surface area contributed by atoms with Gasteiger partial charge in [0.15, 0.2) is 0 Å². The standard InChI is InChI=1S/C18H26N2O4/c1-4-14-7-8-16(23-3)15(13-14)17(21)19-9-6-10-20(12-11-19)18(22)24-5-2/h7-8,13H,4-6,9-12H2,1-3H3. The summed E-state index contributed by atoms with van der Waals surface area (Å²) in [6, 6.07) is 5.71. The van der Waals surface area contributed by atoms with Crippen molar-refractivity contribution in [2.75, 3.05) is 39.9 Å². The van der Waals surface area contributed by atoms with E-state index in [0.717, 1.165) is 18.4 Å². The van der Waals surface area contributed by atoms with Crippen molar-refractivity contribution in [2.24, 2.45) is 0 Å². The van der Waals surface area contributed by atoms with E-state index in [2.05, 4.69) is 6.92 Å². The lowest BCUT2D eigenvalue weighted by atomic mass is 10.1. The maximum atomic E-state index is 12.9. The van der Waals surface area contributed by atoms with Gasteiger partial charge in [0.25, 0.3) is 5.91 Å². The van der Waals surface area contributed by atoms with Crippen LogP contribution >= 0.6 is 0 Å². The van der Waals surface area contributed by atoms with Crippen molar-refractivity contribution in [3.8, 4) is 5.75 Å². The molecule has 2 rings (SSSR count). The molecule has 24 heavy (non-hydrogen) atoms. The summed E-state index contributed by atoms with van der Waals surface area (Å²) >= 11 is 0. The zero-order valence-electron chi connectivity index (χ0n) is 14.7. The minimum atomic E-state index is -0.308. The van der Waals surface area contributed by atoms with Gasteiger partial charge in [-0.1, -0.05) is 13.0 Å². The molecule has 0 aromatic heterocycles. The smallest absolute Gasteiger partial charge is 0.409 e. The van der Waals surface area contributed by atoms with E-state index >= 15 is 0 Å². The van der Waals surface area contributed by atoms with Gasteiger partial charge >= 0.3 is 6.09 Å². The van der Waals surface area contributed by atoms with Gasteiger partial charge in [-0.25, -0.2) is 4.79 Å². The average molecular weight is 334 g/mol. The van der Waals surface area contributed by atoms with Crippen LogP contribution in [0, 0.1) is 0 Å². The molecule has 0 unspecified atom stereocenters. The Hall–Kier alpha value is -2.24. The van der Waals surface area contributed by atoms with Crippen LogP contribution in [0.1, 0.15) is 36.2 Å². The summed E-state index contributed by atoms with van der Waals surface area (Å²) in [5, 5.41) is 0. The van der Waals surface area contributed by atoms with Gasteiger partial charge in [-0.3, -0.25) is 4.79 Å². The summed E-state index contributed by atoms with van der Waals surface area (Å²) in [5.41, 5.74) is 1.68. The van der Waals surface area contributed by atoms with Crippen LogP contribution < -0.4 is 4.74 Å². The number of carbonyl (C=O) groups is 2. The van der Waals surface area contributed by atoms with E-state index in [9.17, 15) is 9.59 Å². The second-order valence-electron chi connectivity index (χ2n) is 5.72. The number of amides is 2. The summed E-state index contributed by atoms with van der Waals surface area (Å²) in [7, 11) is 1.57. The molecule has 1 aliphatic rings. The van der Waals surface area contributed by atoms with Crippen LogP contribution in [-0.4, -0.2) is 61.7 Å². The molecule has 0 saturated carbocycles. The summed E-state index contributed by atoms with van der Waals surface area (Å²) in [4.78, 5) is 28.2. The molecule has 0 N–H and O–H groups in total. The lowest BCUT2D eigenvalue weighted by Gasteiger charge is -2.22. The number of benzene rings is 1. The predicted octanol–water partition coefficient (Wildman–Crippen LogP) is 2.56. The lowest BCUT2D eigenvalue weighted by Crippen LogP contribution is -2.37. The third-order valence-corrected chi connectivity index (χ3v) is 4.21. The SMILES string of the molecule is CCOC(=O)N1CCCN(C(=O)c2cc(CC)ccc2OC)CC1. The normalized spacial score (nSPS) is 15.0. The molecule has 1 heterocycles. The van der Waals surface area contributed by atoms with E-state index in [1.165, 1.54) is 0 Å². The topological polar surface area (TPSA) is 59.1 Å². The van der Waals surface area contributed by atoms with Gasteiger partial charge in [0.05, 0.1) is 19.3 Å². The highest BCUT2D eigenvalue weighted by molar-refractivity contribution is 5.97. The minimum Gasteiger partial charge on any atom is -0.496 e. The number of carbonyl (C=O) groups excluding carboxylic acids is 2. The van der Waals surface area contributed by atoms with Crippen molar-refractivity contribution in [3.63, 3.8) is 0 Å². The van der Waals surface area contributed by atoms with E-state index in [4.69, 9.17) is 9.47 Å². The van der Waals surface area contributed by atoms with Crippen LogP contribution in [0.15, 0.2) is 18.2 Å². The predicted molar refractivity (Wildman–Crippen MR) is 91.5 cm³/mol. The second kappa shape index (κ2) is 8.57. The van der Waals surface area contributed by atoms with Crippen molar-refractivity contribution in [2.45, 2.75) is 26.7 Å². The van der Waals surface area contributed by atoms with Crippen LogP contribution in [0.3, 0.4) is 0 Å². The molecule has 0 atom stereocenters. The van der Waals surface area contributed by atoms with Gasteiger partial charge < -0.3 is 19.3 Å². The lowest BCUT2D eigenvalue weighted by molar-refractivity contribution is 0.0750.